The van der Waals surface area contributed by atoms with Gasteiger partial charge >= 0.3 is 0 Å². The minimum Gasteiger partial charge on any atom is -0.479 e. The number of ether oxygens (including phenoxy) is 1. The quantitative estimate of drug-likeness (QED) is 0.890. The molecule has 0 aliphatic heterocycles. The van der Waals surface area contributed by atoms with E-state index in [1.54, 1.807) is 25.1 Å². The first-order valence-corrected chi connectivity index (χ1v) is 5.21. The molecule has 15 heavy (non-hydrogen) atoms. The van der Waals surface area contributed by atoms with Crippen LogP contribution in [0.5, 0.6) is 5.75 Å². The van der Waals surface area contributed by atoms with Crippen LogP contribution in [0.1, 0.15) is 13.3 Å². The van der Waals surface area contributed by atoms with Gasteiger partial charge in [-0.15, -0.1) is 0 Å². The summed E-state index contributed by atoms with van der Waals surface area (Å²) in [6, 6.07) is 4.79. The summed E-state index contributed by atoms with van der Waals surface area (Å²) in [5.74, 6) is -0.102. The lowest BCUT2D eigenvalue weighted by Crippen LogP contribution is -2.33. The van der Waals surface area contributed by atoms with Gasteiger partial charge in [-0.25, -0.2) is 0 Å². The maximum absolute atomic E-state index is 10.9. The summed E-state index contributed by atoms with van der Waals surface area (Å²) in [5, 5.41) is 0.877. The number of carbonyl (C=O) groups excluding carboxylic acids is 1. The first-order chi connectivity index (χ1) is 7.04. The van der Waals surface area contributed by atoms with E-state index in [0.717, 1.165) is 0 Å². The van der Waals surface area contributed by atoms with Crippen molar-refractivity contribution in [3.05, 3.63) is 28.2 Å². The molecule has 3 nitrogen and oxygen atoms in total. The van der Waals surface area contributed by atoms with Crippen LogP contribution in [-0.2, 0) is 4.79 Å². The smallest absolute Gasteiger partial charge is 0.258 e. The predicted octanol–water partition coefficient (Wildman–Crippen LogP) is 2.64. The van der Waals surface area contributed by atoms with Gasteiger partial charge < -0.3 is 10.5 Å². The van der Waals surface area contributed by atoms with Gasteiger partial charge in [0.2, 0.25) is 0 Å². The summed E-state index contributed by atoms with van der Waals surface area (Å²) in [4.78, 5) is 10.9. The Morgan fingerprint density at radius 3 is 2.67 bits per heavy atom. The van der Waals surface area contributed by atoms with E-state index in [-0.39, 0.29) is 0 Å². The van der Waals surface area contributed by atoms with Gasteiger partial charge in [-0.2, -0.15) is 0 Å². The van der Waals surface area contributed by atoms with E-state index in [4.69, 9.17) is 33.7 Å². The van der Waals surface area contributed by atoms with Crippen LogP contribution in [0.25, 0.3) is 0 Å². The highest BCUT2D eigenvalue weighted by Crippen LogP contribution is 2.28. The molecule has 0 aliphatic carbocycles. The summed E-state index contributed by atoms with van der Waals surface area (Å²) in [5.41, 5.74) is 5.14. The van der Waals surface area contributed by atoms with E-state index in [1.165, 1.54) is 0 Å². The highest BCUT2D eigenvalue weighted by molar-refractivity contribution is 6.35. The third kappa shape index (κ3) is 3.29. The molecule has 0 saturated carbocycles. The molecule has 0 aromatic heterocycles. The number of halogens is 2. The molecule has 82 valence electrons. The molecule has 0 saturated heterocycles. The van der Waals surface area contributed by atoms with Gasteiger partial charge in [0, 0.05) is 5.02 Å². The maximum Gasteiger partial charge on any atom is 0.258 e. The van der Waals surface area contributed by atoms with Crippen molar-refractivity contribution in [3.8, 4) is 5.75 Å². The molecule has 1 rings (SSSR count). The van der Waals surface area contributed by atoms with Gasteiger partial charge in [0.05, 0.1) is 5.02 Å². The van der Waals surface area contributed by atoms with Crippen LogP contribution in [0.2, 0.25) is 10.0 Å². The standard InChI is InChI=1S/C10H11Cl2NO2/c1-2-8(10(13)14)15-9-4-3-6(11)5-7(9)12/h3-5,8H,2H2,1H3,(H2,13,14). The summed E-state index contributed by atoms with van der Waals surface area (Å²) < 4.78 is 5.35. The number of carbonyl (C=O) groups is 1. The lowest BCUT2D eigenvalue weighted by atomic mass is 10.2. The van der Waals surface area contributed by atoms with Crippen LogP contribution in [0.15, 0.2) is 18.2 Å². The van der Waals surface area contributed by atoms with Gasteiger partial charge in [-0.3, -0.25) is 4.79 Å². The van der Waals surface area contributed by atoms with Gasteiger partial charge in [-0.05, 0) is 24.6 Å². The highest BCUT2D eigenvalue weighted by Gasteiger charge is 2.15. The lowest BCUT2D eigenvalue weighted by molar-refractivity contribution is -0.124. The van der Waals surface area contributed by atoms with Crippen molar-refractivity contribution in [2.75, 3.05) is 0 Å². The fourth-order valence-electron chi connectivity index (χ4n) is 1.07. The Labute approximate surface area is 98.1 Å². The van der Waals surface area contributed by atoms with Crippen molar-refractivity contribution in [1.82, 2.24) is 0 Å². The van der Waals surface area contributed by atoms with Gasteiger partial charge in [-0.1, -0.05) is 30.1 Å². The molecule has 2 N–H and O–H groups in total. The lowest BCUT2D eigenvalue weighted by Gasteiger charge is -2.14. The summed E-state index contributed by atoms with van der Waals surface area (Å²) >= 11 is 11.6. The molecule has 1 aromatic carbocycles. The zero-order valence-corrected chi connectivity index (χ0v) is 9.68. The third-order valence-electron chi connectivity index (χ3n) is 1.85. The van der Waals surface area contributed by atoms with Gasteiger partial charge in [0.1, 0.15) is 5.75 Å². The first kappa shape index (κ1) is 12.1. The number of nitrogens with two attached hydrogens (primary N) is 1. The predicted molar refractivity (Wildman–Crippen MR) is 60.4 cm³/mol. The molecule has 1 aromatic rings. The molecule has 1 amide bonds. The fourth-order valence-corrected chi connectivity index (χ4v) is 1.52. The number of benzene rings is 1. The molecule has 0 bridgehead atoms. The molecule has 1 unspecified atom stereocenters. The molecule has 0 heterocycles. The second kappa shape index (κ2) is 5.24. The third-order valence-corrected chi connectivity index (χ3v) is 2.38. The van der Waals surface area contributed by atoms with Crippen LogP contribution < -0.4 is 10.5 Å². The van der Waals surface area contributed by atoms with Crippen LogP contribution in [0.4, 0.5) is 0 Å². The Kier molecular flexibility index (Phi) is 4.24. The zero-order chi connectivity index (χ0) is 11.4. The van der Waals surface area contributed by atoms with E-state index in [9.17, 15) is 4.79 Å². The summed E-state index contributed by atoms with van der Waals surface area (Å²) in [6.45, 7) is 1.80. The Balaban J connectivity index is 2.84. The van der Waals surface area contributed by atoms with E-state index < -0.39 is 12.0 Å². The normalized spacial score (nSPS) is 12.2. The van der Waals surface area contributed by atoms with Crippen molar-refractivity contribution in [2.45, 2.75) is 19.4 Å². The van der Waals surface area contributed by atoms with Crippen LogP contribution in [-0.4, -0.2) is 12.0 Å². The number of primary amides is 1. The van der Waals surface area contributed by atoms with E-state index in [1.807, 2.05) is 0 Å². The molecule has 0 aliphatic rings. The average Bonchev–Trinajstić information content (AvgIpc) is 2.16. The van der Waals surface area contributed by atoms with Crippen molar-refractivity contribution in [1.29, 1.82) is 0 Å². The van der Waals surface area contributed by atoms with E-state index in [2.05, 4.69) is 0 Å². The first-order valence-electron chi connectivity index (χ1n) is 4.45. The molecule has 5 heteroatoms. The Bertz CT molecular complexity index is 368. The van der Waals surface area contributed by atoms with E-state index >= 15 is 0 Å². The minimum absolute atomic E-state index is 0.363. The van der Waals surface area contributed by atoms with Crippen molar-refractivity contribution >= 4 is 29.1 Å². The Morgan fingerprint density at radius 2 is 2.20 bits per heavy atom. The maximum atomic E-state index is 10.9. The minimum atomic E-state index is -0.663. The van der Waals surface area contributed by atoms with Crippen molar-refractivity contribution in [2.24, 2.45) is 5.73 Å². The largest absolute Gasteiger partial charge is 0.479 e. The summed E-state index contributed by atoms with van der Waals surface area (Å²) in [6.07, 6.45) is -0.169. The SMILES string of the molecule is CCC(Oc1ccc(Cl)cc1Cl)C(N)=O. The Hall–Kier alpha value is -0.930. The number of hydrogen-bond acceptors (Lipinski definition) is 2. The van der Waals surface area contributed by atoms with Crippen LogP contribution >= 0.6 is 23.2 Å². The highest BCUT2D eigenvalue weighted by atomic mass is 35.5. The molecular formula is C10H11Cl2NO2. The molecule has 0 radical (unpaired) electrons. The second-order valence-corrected chi connectivity index (χ2v) is 3.84. The summed E-state index contributed by atoms with van der Waals surface area (Å²) in [7, 11) is 0. The van der Waals surface area contributed by atoms with Crippen molar-refractivity contribution < 1.29 is 9.53 Å². The molecular weight excluding hydrogens is 237 g/mol. The molecule has 0 fully saturated rings. The zero-order valence-electron chi connectivity index (χ0n) is 8.17. The monoisotopic (exact) mass is 247 g/mol. The number of hydrogen-bond donors (Lipinski definition) is 1. The van der Waals surface area contributed by atoms with Crippen LogP contribution in [0.3, 0.4) is 0 Å². The van der Waals surface area contributed by atoms with Crippen LogP contribution in [0, 0.1) is 0 Å². The number of amides is 1. The van der Waals surface area contributed by atoms with Gasteiger partial charge in [0.15, 0.2) is 6.10 Å². The van der Waals surface area contributed by atoms with Gasteiger partial charge in [0.25, 0.3) is 5.91 Å². The second-order valence-electron chi connectivity index (χ2n) is 2.99. The molecule has 0 spiro atoms. The van der Waals surface area contributed by atoms with Crippen molar-refractivity contribution in [3.63, 3.8) is 0 Å². The topological polar surface area (TPSA) is 52.3 Å². The average molecular weight is 248 g/mol. The Morgan fingerprint density at radius 1 is 1.53 bits per heavy atom. The fraction of sp³-hybridized carbons (Fsp3) is 0.300. The molecule has 1 atom stereocenters. The number of rotatable bonds is 4. The van der Waals surface area contributed by atoms with E-state index in [0.29, 0.717) is 22.2 Å².